The second kappa shape index (κ2) is 5.01. The molecule has 2 aliphatic rings. The minimum atomic E-state index is 0.165. The van der Waals surface area contributed by atoms with E-state index in [4.69, 9.17) is 4.74 Å². The van der Waals surface area contributed by atoms with Gasteiger partial charge in [-0.25, -0.2) is 0 Å². The molecule has 0 spiro atoms. The van der Waals surface area contributed by atoms with Crippen molar-refractivity contribution in [2.45, 2.75) is 38.5 Å². The molecule has 0 aromatic heterocycles. The van der Waals surface area contributed by atoms with E-state index in [1.165, 1.54) is 24.8 Å². The van der Waals surface area contributed by atoms with Gasteiger partial charge in [0, 0.05) is 12.3 Å². The number of carbonyl (C=O) groups excluding carboxylic acids is 1. The van der Waals surface area contributed by atoms with Crippen molar-refractivity contribution in [3.05, 3.63) is 23.8 Å². The summed E-state index contributed by atoms with van der Waals surface area (Å²) in [5.74, 6) is 1.23. The minimum absolute atomic E-state index is 0.165. The van der Waals surface area contributed by atoms with Crippen LogP contribution in [-0.4, -0.2) is 12.5 Å². The minimum Gasteiger partial charge on any atom is -0.491 e. The predicted octanol–water partition coefficient (Wildman–Crippen LogP) is 3.14. The Morgan fingerprint density at radius 1 is 1.22 bits per heavy atom. The Bertz CT molecular complexity index is 450. The zero-order chi connectivity index (χ0) is 12.4. The summed E-state index contributed by atoms with van der Waals surface area (Å²) in [5, 5.41) is 3.05. The lowest BCUT2D eigenvalue weighted by atomic mass is 9.88. The largest absolute Gasteiger partial charge is 0.491 e. The van der Waals surface area contributed by atoms with E-state index in [-0.39, 0.29) is 11.8 Å². The number of benzene rings is 1. The van der Waals surface area contributed by atoms with E-state index in [0.717, 1.165) is 37.3 Å². The van der Waals surface area contributed by atoms with Crippen LogP contribution >= 0.6 is 0 Å². The first-order valence-electron chi connectivity index (χ1n) is 6.90. The third kappa shape index (κ3) is 2.22. The Morgan fingerprint density at radius 2 is 2.06 bits per heavy atom. The van der Waals surface area contributed by atoms with Crippen LogP contribution in [0.15, 0.2) is 18.2 Å². The summed E-state index contributed by atoms with van der Waals surface area (Å²) in [7, 11) is 0. The zero-order valence-corrected chi connectivity index (χ0v) is 10.6. The summed E-state index contributed by atoms with van der Waals surface area (Å²) in [4.78, 5) is 12.2. The highest BCUT2D eigenvalue weighted by Crippen LogP contribution is 2.34. The van der Waals surface area contributed by atoms with Crippen LogP contribution < -0.4 is 10.1 Å². The van der Waals surface area contributed by atoms with Crippen molar-refractivity contribution in [3.8, 4) is 5.75 Å². The molecule has 3 heteroatoms. The van der Waals surface area contributed by atoms with Crippen LogP contribution in [0.3, 0.4) is 0 Å². The Balaban J connectivity index is 1.72. The fourth-order valence-electron chi connectivity index (χ4n) is 2.91. The number of ether oxygens (including phenoxy) is 1. The summed E-state index contributed by atoms with van der Waals surface area (Å²) in [6.45, 7) is 0.728. The molecule has 1 amide bonds. The molecule has 1 aliphatic heterocycles. The van der Waals surface area contributed by atoms with Gasteiger partial charge in [-0.05, 0) is 24.5 Å². The van der Waals surface area contributed by atoms with Gasteiger partial charge in [0.05, 0.1) is 12.3 Å². The lowest BCUT2D eigenvalue weighted by molar-refractivity contribution is -0.120. The number of para-hydroxylation sites is 1. The Hall–Kier alpha value is -1.51. The van der Waals surface area contributed by atoms with Crippen LogP contribution in [0.2, 0.25) is 0 Å². The molecule has 0 bridgehead atoms. The number of rotatable bonds is 2. The summed E-state index contributed by atoms with van der Waals surface area (Å²) in [5.41, 5.74) is 2.05. The van der Waals surface area contributed by atoms with Crippen LogP contribution in [0.1, 0.15) is 37.7 Å². The first-order chi connectivity index (χ1) is 8.84. The standard InChI is InChI=1S/C15H19NO2/c17-15(12-5-2-1-3-6-12)16-13-8-4-7-11-9-10-18-14(11)13/h4,7-8,12H,1-3,5-6,9-10H2,(H,16,17). The Labute approximate surface area is 108 Å². The molecule has 3 nitrogen and oxygen atoms in total. The van der Waals surface area contributed by atoms with E-state index in [9.17, 15) is 4.79 Å². The van der Waals surface area contributed by atoms with E-state index >= 15 is 0 Å². The molecule has 0 unspecified atom stereocenters. The van der Waals surface area contributed by atoms with Crippen molar-refractivity contribution in [2.75, 3.05) is 11.9 Å². The molecule has 1 saturated carbocycles. The number of amides is 1. The topological polar surface area (TPSA) is 38.3 Å². The molecule has 1 fully saturated rings. The monoisotopic (exact) mass is 245 g/mol. The smallest absolute Gasteiger partial charge is 0.227 e. The van der Waals surface area contributed by atoms with Gasteiger partial charge in [0.25, 0.3) is 0 Å². The first kappa shape index (κ1) is 11.6. The van der Waals surface area contributed by atoms with E-state index < -0.39 is 0 Å². The van der Waals surface area contributed by atoms with Crippen LogP contribution in [0.25, 0.3) is 0 Å². The SMILES string of the molecule is O=C(Nc1cccc2c1OCC2)C1CCCCC1. The third-order valence-corrected chi connectivity index (χ3v) is 3.95. The molecule has 1 aromatic carbocycles. The quantitative estimate of drug-likeness (QED) is 0.869. The predicted molar refractivity (Wildman–Crippen MR) is 70.8 cm³/mol. The Kier molecular flexibility index (Phi) is 3.22. The van der Waals surface area contributed by atoms with Gasteiger partial charge in [-0.15, -0.1) is 0 Å². The molecule has 0 atom stereocenters. The van der Waals surface area contributed by atoms with Crippen molar-refractivity contribution >= 4 is 11.6 Å². The average molecular weight is 245 g/mol. The van der Waals surface area contributed by atoms with Gasteiger partial charge in [0.15, 0.2) is 0 Å². The lowest BCUT2D eigenvalue weighted by Gasteiger charge is -2.21. The van der Waals surface area contributed by atoms with Crippen molar-refractivity contribution in [1.29, 1.82) is 0 Å². The maximum Gasteiger partial charge on any atom is 0.227 e. The third-order valence-electron chi connectivity index (χ3n) is 3.95. The van der Waals surface area contributed by atoms with Crippen LogP contribution in [-0.2, 0) is 11.2 Å². The fraction of sp³-hybridized carbons (Fsp3) is 0.533. The van der Waals surface area contributed by atoms with Crippen molar-refractivity contribution in [1.82, 2.24) is 0 Å². The maximum absolute atomic E-state index is 12.2. The van der Waals surface area contributed by atoms with Gasteiger partial charge in [0.1, 0.15) is 5.75 Å². The highest BCUT2D eigenvalue weighted by atomic mass is 16.5. The van der Waals surface area contributed by atoms with Gasteiger partial charge in [-0.1, -0.05) is 31.4 Å². The number of hydrogen-bond donors (Lipinski definition) is 1. The van der Waals surface area contributed by atoms with Crippen molar-refractivity contribution in [3.63, 3.8) is 0 Å². The number of hydrogen-bond acceptors (Lipinski definition) is 2. The van der Waals surface area contributed by atoms with Gasteiger partial charge < -0.3 is 10.1 Å². The first-order valence-corrected chi connectivity index (χ1v) is 6.90. The molecule has 1 heterocycles. The van der Waals surface area contributed by atoms with E-state index in [1.54, 1.807) is 0 Å². The van der Waals surface area contributed by atoms with Gasteiger partial charge >= 0.3 is 0 Å². The number of carbonyl (C=O) groups is 1. The second-order valence-electron chi connectivity index (χ2n) is 5.22. The molecule has 1 aromatic rings. The average Bonchev–Trinajstić information content (AvgIpc) is 2.89. The molecule has 1 aliphatic carbocycles. The Morgan fingerprint density at radius 3 is 2.89 bits per heavy atom. The summed E-state index contributed by atoms with van der Waals surface area (Å²) < 4.78 is 5.60. The molecular weight excluding hydrogens is 226 g/mol. The van der Waals surface area contributed by atoms with Crippen molar-refractivity contribution in [2.24, 2.45) is 5.92 Å². The second-order valence-corrected chi connectivity index (χ2v) is 5.22. The van der Waals surface area contributed by atoms with Gasteiger partial charge in [-0.3, -0.25) is 4.79 Å². The maximum atomic E-state index is 12.2. The number of fused-ring (bicyclic) bond motifs is 1. The van der Waals surface area contributed by atoms with E-state index in [2.05, 4.69) is 11.4 Å². The van der Waals surface area contributed by atoms with Gasteiger partial charge in [0.2, 0.25) is 5.91 Å². The summed E-state index contributed by atoms with van der Waals surface area (Å²) in [6, 6.07) is 5.99. The van der Waals surface area contributed by atoms with E-state index in [0.29, 0.717) is 0 Å². The molecule has 0 radical (unpaired) electrons. The highest BCUT2D eigenvalue weighted by molar-refractivity contribution is 5.94. The number of anilines is 1. The van der Waals surface area contributed by atoms with Crippen LogP contribution in [0, 0.1) is 5.92 Å². The van der Waals surface area contributed by atoms with Crippen LogP contribution in [0.5, 0.6) is 5.75 Å². The normalized spacial score (nSPS) is 19.1. The number of nitrogens with one attached hydrogen (secondary N) is 1. The van der Waals surface area contributed by atoms with Gasteiger partial charge in [-0.2, -0.15) is 0 Å². The molecule has 96 valence electrons. The van der Waals surface area contributed by atoms with Crippen LogP contribution in [0.4, 0.5) is 5.69 Å². The molecule has 18 heavy (non-hydrogen) atoms. The molecular formula is C15H19NO2. The highest BCUT2D eigenvalue weighted by Gasteiger charge is 2.23. The molecule has 3 rings (SSSR count). The molecule has 1 N–H and O–H groups in total. The van der Waals surface area contributed by atoms with Crippen molar-refractivity contribution < 1.29 is 9.53 Å². The zero-order valence-electron chi connectivity index (χ0n) is 10.6. The van der Waals surface area contributed by atoms with E-state index in [1.807, 2.05) is 12.1 Å². The summed E-state index contributed by atoms with van der Waals surface area (Å²) >= 11 is 0. The molecule has 0 saturated heterocycles. The summed E-state index contributed by atoms with van der Waals surface area (Å²) in [6.07, 6.45) is 6.64. The fourth-order valence-corrected chi connectivity index (χ4v) is 2.91. The lowest BCUT2D eigenvalue weighted by Crippen LogP contribution is -2.24.